The van der Waals surface area contributed by atoms with E-state index in [1.165, 1.54) is 17.4 Å². The van der Waals surface area contributed by atoms with Gasteiger partial charge in [0, 0.05) is 14.9 Å². The molecule has 0 saturated carbocycles. The summed E-state index contributed by atoms with van der Waals surface area (Å²) in [5.74, 6) is -1.03. The molecule has 18 heavy (non-hydrogen) atoms. The van der Waals surface area contributed by atoms with Gasteiger partial charge < -0.3 is 10.2 Å². The van der Waals surface area contributed by atoms with Crippen LogP contribution in [0.15, 0.2) is 34.8 Å². The van der Waals surface area contributed by atoms with Gasteiger partial charge in [0.25, 0.3) is 0 Å². The molecule has 5 heteroatoms. The number of aliphatic hydroxyl groups is 1. The van der Waals surface area contributed by atoms with Gasteiger partial charge in [0.2, 0.25) is 0 Å². The average molecular weight is 327 g/mol. The lowest BCUT2D eigenvalue weighted by molar-refractivity contribution is 0.0691. The number of carboxylic acids is 1. The zero-order valence-corrected chi connectivity index (χ0v) is 12.0. The van der Waals surface area contributed by atoms with Gasteiger partial charge in [-0.1, -0.05) is 18.2 Å². The van der Waals surface area contributed by atoms with E-state index in [4.69, 9.17) is 5.11 Å². The molecular weight excluding hydrogens is 316 g/mol. The first-order chi connectivity index (χ1) is 8.50. The summed E-state index contributed by atoms with van der Waals surface area (Å²) in [5.41, 5.74) is 0.538. The van der Waals surface area contributed by atoms with Gasteiger partial charge in [0.1, 0.15) is 6.10 Å². The van der Waals surface area contributed by atoms with Crippen LogP contribution >= 0.6 is 27.3 Å². The highest BCUT2D eigenvalue weighted by atomic mass is 79.9. The van der Waals surface area contributed by atoms with Crippen molar-refractivity contribution >= 4 is 33.2 Å². The van der Waals surface area contributed by atoms with Crippen molar-refractivity contribution in [3.8, 4) is 0 Å². The van der Waals surface area contributed by atoms with Crippen molar-refractivity contribution < 1.29 is 15.0 Å². The summed E-state index contributed by atoms with van der Waals surface area (Å²) in [4.78, 5) is 12.9. The van der Waals surface area contributed by atoms with E-state index < -0.39 is 12.1 Å². The number of aliphatic hydroxyl groups excluding tert-OH is 1. The van der Waals surface area contributed by atoms with Crippen molar-refractivity contribution in [2.24, 2.45) is 0 Å². The third-order valence-electron chi connectivity index (χ3n) is 2.57. The molecule has 1 heterocycles. The smallest absolute Gasteiger partial charge is 0.336 e. The summed E-state index contributed by atoms with van der Waals surface area (Å²) >= 11 is 4.83. The third-order valence-corrected chi connectivity index (χ3v) is 4.59. The number of thiophene rings is 1. The number of benzene rings is 1. The molecule has 2 aromatic rings. The van der Waals surface area contributed by atoms with Crippen LogP contribution in [-0.2, 0) is 0 Å². The normalized spacial score (nSPS) is 12.4. The lowest BCUT2D eigenvalue weighted by Crippen LogP contribution is -2.07. The van der Waals surface area contributed by atoms with Gasteiger partial charge in [-0.05, 0) is 35.0 Å². The van der Waals surface area contributed by atoms with E-state index in [-0.39, 0.29) is 5.56 Å². The summed E-state index contributed by atoms with van der Waals surface area (Å²) in [6.45, 7) is 1.94. The number of hydrogen-bond donors (Lipinski definition) is 2. The molecule has 0 radical (unpaired) electrons. The third kappa shape index (κ3) is 2.48. The molecule has 0 spiro atoms. The number of aromatic carboxylic acids is 1. The maximum absolute atomic E-state index is 11.1. The van der Waals surface area contributed by atoms with Crippen LogP contribution in [0.1, 0.15) is 31.8 Å². The number of hydrogen-bond acceptors (Lipinski definition) is 3. The molecular formula is C13H11BrO3S. The van der Waals surface area contributed by atoms with Crippen molar-refractivity contribution in [3.05, 3.63) is 55.7 Å². The fraction of sp³-hybridized carbons (Fsp3) is 0.154. The van der Waals surface area contributed by atoms with E-state index in [1.54, 1.807) is 18.2 Å². The standard InChI is InChI=1S/C13H11BrO3S/c1-7-6-10(14)12(18-7)11(15)8-4-2-3-5-9(8)13(16)17/h2-6,11,15H,1H3,(H,16,17). The van der Waals surface area contributed by atoms with E-state index in [1.807, 2.05) is 13.0 Å². The molecule has 1 aromatic heterocycles. The Morgan fingerprint density at radius 3 is 2.61 bits per heavy atom. The molecule has 1 atom stereocenters. The molecule has 0 bridgehead atoms. The molecule has 0 amide bonds. The summed E-state index contributed by atoms with van der Waals surface area (Å²) in [6, 6.07) is 8.41. The van der Waals surface area contributed by atoms with Crippen molar-refractivity contribution in [2.45, 2.75) is 13.0 Å². The summed E-state index contributed by atoms with van der Waals surface area (Å²) < 4.78 is 0.803. The van der Waals surface area contributed by atoms with E-state index in [0.29, 0.717) is 5.56 Å². The van der Waals surface area contributed by atoms with Crippen molar-refractivity contribution in [2.75, 3.05) is 0 Å². The highest BCUT2D eigenvalue weighted by Crippen LogP contribution is 2.36. The minimum absolute atomic E-state index is 0.128. The molecule has 3 nitrogen and oxygen atoms in total. The number of halogens is 1. The molecule has 1 aromatic carbocycles. The van der Waals surface area contributed by atoms with Gasteiger partial charge in [-0.15, -0.1) is 11.3 Å². The molecule has 0 aliphatic carbocycles. The second kappa shape index (κ2) is 5.22. The summed E-state index contributed by atoms with van der Waals surface area (Å²) in [6.07, 6.45) is -0.926. The fourth-order valence-electron chi connectivity index (χ4n) is 1.76. The van der Waals surface area contributed by atoms with Gasteiger partial charge in [-0.25, -0.2) is 4.79 Å². The lowest BCUT2D eigenvalue weighted by Gasteiger charge is -2.12. The highest BCUT2D eigenvalue weighted by Gasteiger charge is 2.21. The fourth-order valence-corrected chi connectivity index (χ4v) is 3.63. The van der Waals surface area contributed by atoms with E-state index in [0.717, 1.165) is 14.2 Å². The second-order valence-corrected chi connectivity index (χ2v) is 6.01. The van der Waals surface area contributed by atoms with Gasteiger partial charge in [-0.3, -0.25) is 0 Å². The predicted molar refractivity (Wildman–Crippen MR) is 74.2 cm³/mol. The molecule has 0 fully saturated rings. The minimum atomic E-state index is -1.03. The Morgan fingerprint density at radius 1 is 1.39 bits per heavy atom. The van der Waals surface area contributed by atoms with E-state index in [9.17, 15) is 9.90 Å². The van der Waals surface area contributed by atoms with Crippen molar-refractivity contribution in [1.82, 2.24) is 0 Å². The minimum Gasteiger partial charge on any atom is -0.478 e. The van der Waals surface area contributed by atoms with Gasteiger partial charge >= 0.3 is 5.97 Å². The van der Waals surface area contributed by atoms with Crippen LogP contribution in [0.2, 0.25) is 0 Å². The molecule has 0 aliphatic rings. The van der Waals surface area contributed by atoms with Crippen molar-refractivity contribution in [1.29, 1.82) is 0 Å². The first-order valence-electron chi connectivity index (χ1n) is 5.27. The number of carbonyl (C=O) groups is 1. The monoisotopic (exact) mass is 326 g/mol. The van der Waals surface area contributed by atoms with Crippen LogP contribution in [0.3, 0.4) is 0 Å². The van der Waals surface area contributed by atoms with Crippen LogP contribution in [0, 0.1) is 6.92 Å². The molecule has 2 rings (SSSR count). The van der Waals surface area contributed by atoms with Crippen LogP contribution in [0.25, 0.3) is 0 Å². The van der Waals surface area contributed by atoms with E-state index in [2.05, 4.69) is 15.9 Å². The van der Waals surface area contributed by atoms with Crippen LogP contribution < -0.4 is 0 Å². The first kappa shape index (κ1) is 13.3. The zero-order valence-electron chi connectivity index (χ0n) is 9.55. The predicted octanol–water partition coefficient (Wildman–Crippen LogP) is 3.60. The molecule has 0 saturated heterocycles. The summed E-state index contributed by atoms with van der Waals surface area (Å²) in [5, 5.41) is 19.4. The highest BCUT2D eigenvalue weighted by molar-refractivity contribution is 9.10. The quantitative estimate of drug-likeness (QED) is 0.906. The lowest BCUT2D eigenvalue weighted by atomic mass is 10.0. The Kier molecular flexibility index (Phi) is 3.85. The molecule has 0 aliphatic heterocycles. The molecule has 94 valence electrons. The first-order valence-corrected chi connectivity index (χ1v) is 6.87. The maximum Gasteiger partial charge on any atom is 0.336 e. The number of carboxylic acid groups (broad SMARTS) is 1. The van der Waals surface area contributed by atoms with Gasteiger partial charge in [0.05, 0.1) is 10.4 Å². The van der Waals surface area contributed by atoms with Gasteiger partial charge in [-0.2, -0.15) is 0 Å². The van der Waals surface area contributed by atoms with Crippen LogP contribution in [0.4, 0.5) is 0 Å². The largest absolute Gasteiger partial charge is 0.478 e. The maximum atomic E-state index is 11.1. The van der Waals surface area contributed by atoms with Crippen LogP contribution in [0.5, 0.6) is 0 Å². The molecule has 1 unspecified atom stereocenters. The Labute approximate surface area is 117 Å². The Hall–Kier alpha value is -1.17. The van der Waals surface area contributed by atoms with E-state index >= 15 is 0 Å². The zero-order chi connectivity index (χ0) is 13.3. The Morgan fingerprint density at radius 2 is 2.06 bits per heavy atom. The Bertz CT molecular complexity index is 592. The van der Waals surface area contributed by atoms with Crippen molar-refractivity contribution in [3.63, 3.8) is 0 Å². The second-order valence-electron chi connectivity index (χ2n) is 3.86. The SMILES string of the molecule is Cc1cc(Br)c(C(O)c2ccccc2C(=O)O)s1. The number of aryl methyl sites for hydroxylation is 1. The van der Waals surface area contributed by atoms with Gasteiger partial charge in [0.15, 0.2) is 0 Å². The summed E-state index contributed by atoms with van der Waals surface area (Å²) in [7, 11) is 0. The number of rotatable bonds is 3. The Balaban J connectivity index is 2.49. The average Bonchev–Trinajstić information content (AvgIpc) is 2.67. The topological polar surface area (TPSA) is 57.5 Å². The molecule has 2 N–H and O–H groups in total. The van der Waals surface area contributed by atoms with Crippen LogP contribution in [-0.4, -0.2) is 16.2 Å².